The third-order valence-corrected chi connectivity index (χ3v) is 7.43. The molecule has 43 heavy (non-hydrogen) atoms. The van der Waals surface area contributed by atoms with Gasteiger partial charge >= 0.3 is 0 Å². The summed E-state index contributed by atoms with van der Waals surface area (Å²) in [4.78, 5) is 4.43. The molecule has 0 N–H and O–H groups in total. The van der Waals surface area contributed by atoms with Gasteiger partial charge in [-0.25, -0.2) is 0 Å². The Morgan fingerprint density at radius 1 is 0.651 bits per heavy atom. The van der Waals surface area contributed by atoms with Gasteiger partial charge in [0.05, 0.1) is 6.20 Å². The predicted octanol–water partition coefficient (Wildman–Crippen LogP) is 9.26. The van der Waals surface area contributed by atoms with E-state index in [0.29, 0.717) is 11.5 Å². The molecule has 6 heteroatoms. The van der Waals surface area contributed by atoms with Crippen LogP contribution in [-0.2, 0) is 21.1 Å². The van der Waals surface area contributed by atoms with E-state index in [1.165, 1.54) is 22.4 Å². The molecular formula is C37H29N4OPt-3. The summed E-state index contributed by atoms with van der Waals surface area (Å²) in [6.45, 7) is 8.62. The molecule has 0 atom stereocenters. The summed E-state index contributed by atoms with van der Waals surface area (Å²) in [7, 11) is 0. The fraction of sp³-hybridized carbons (Fsp3) is 0.0811. The second-order valence-electron chi connectivity index (χ2n) is 10.5. The fourth-order valence-electron chi connectivity index (χ4n) is 5.65. The van der Waals surface area contributed by atoms with Crippen LogP contribution in [-0.4, -0.2) is 9.78 Å². The van der Waals surface area contributed by atoms with Gasteiger partial charge in [0.15, 0.2) is 0 Å². The molecule has 7 rings (SSSR count). The van der Waals surface area contributed by atoms with Gasteiger partial charge in [-0.15, -0.1) is 48.8 Å². The van der Waals surface area contributed by atoms with Crippen LogP contribution in [0.15, 0.2) is 116 Å². The molecule has 0 saturated carbocycles. The van der Waals surface area contributed by atoms with E-state index in [0.717, 1.165) is 33.9 Å². The largest absolute Gasteiger partial charge is 0.509 e. The van der Waals surface area contributed by atoms with E-state index in [9.17, 15) is 0 Å². The third-order valence-electron chi connectivity index (χ3n) is 7.43. The van der Waals surface area contributed by atoms with Crippen LogP contribution in [0.5, 0.6) is 11.5 Å². The van der Waals surface area contributed by atoms with Crippen molar-refractivity contribution < 1.29 is 25.8 Å². The summed E-state index contributed by atoms with van der Waals surface area (Å²) in [6, 6.07) is 41.7. The number of anilines is 4. The van der Waals surface area contributed by atoms with Crippen molar-refractivity contribution in [3.05, 3.63) is 151 Å². The molecule has 1 aliphatic heterocycles. The fourth-order valence-corrected chi connectivity index (χ4v) is 5.65. The van der Waals surface area contributed by atoms with Crippen molar-refractivity contribution in [2.75, 3.05) is 9.80 Å². The van der Waals surface area contributed by atoms with Crippen LogP contribution in [0.1, 0.15) is 16.7 Å². The second-order valence-corrected chi connectivity index (χ2v) is 10.5. The standard InChI is InChI=1S/C37H29N4O.Pt/c1-26-19-27(2)37(28(3)20-26)40-25-39(35-17-7-8-18-36(35)40)31-13-9-15-33(21-31)42-34-16-10-14-32(22-34)41-24-30(23-38-41)29-11-5-4-6-12-29;/h4-20,23-25H,1-3H3;/q-3;. The number of hydrogen-bond acceptors (Lipinski definition) is 4. The van der Waals surface area contributed by atoms with Crippen molar-refractivity contribution in [1.82, 2.24) is 9.78 Å². The molecule has 5 aromatic carbocycles. The van der Waals surface area contributed by atoms with Gasteiger partial charge in [-0.2, -0.15) is 17.2 Å². The van der Waals surface area contributed by atoms with Crippen LogP contribution in [0.2, 0.25) is 0 Å². The molecule has 1 aromatic heterocycles. The number of hydrogen-bond donors (Lipinski definition) is 0. The summed E-state index contributed by atoms with van der Waals surface area (Å²) >= 11 is 0. The Balaban J connectivity index is 0.00000329. The maximum atomic E-state index is 6.28. The van der Waals surface area contributed by atoms with Gasteiger partial charge in [0.25, 0.3) is 0 Å². The molecule has 0 fully saturated rings. The summed E-state index contributed by atoms with van der Waals surface area (Å²) in [5.74, 6) is 1.20. The number of ether oxygens (including phenoxy) is 1. The molecule has 0 saturated heterocycles. The van der Waals surface area contributed by atoms with Crippen molar-refractivity contribution in [3.8, 4) is 28.3 Å². The maximum absolute atomic E-state index is 6.28. The number of benzene rings is 5. The number of nitrogens with zero attached hydrogens (tertiary/aromatic N) is 4. The van der Waals surface area contributed by atoms with Crippen molar-refractivity contribution in [2.45, 2.75) is 20.8 Å². The molecule has 0 radical (unpaired) electrons. The van der Waals surface area contributed by atoms with Crippen molar-refractivity contribution in [3.63, 3.8) is 0 Å². The van der Waals surface area contributed by atoms with Gasteiger partial charge in [0.2, 0.25) is 0 Å². The first kappa shape index (κ1) is 28.5. The maximum Gasteiger partial charge on any atom is 0.0571 e. The molecule has 0 spiro atoms. The molecule has 2 heterocycles. The molecule has 0 bridgehead atoms. The minimum absolute atomic E-state index is 0. The topological polar surface area (TPSA) is 33.5 Å². The van der Waals surface area contributed by atoms with E-state index in [1.807, 2.05) is 71.7 Å². The molecule has 6 aromatic rings. The average Bonchev–Trinajstić information content (AvgIpc) is 3.64. The Bertz CT molecular complexity index is 1880. The summed E-state index contributed by atoms with van der Waals surface area (Å²) < 4.78 is 8.09. The molecule has 216 valence electrons. The predicted molar refractivity (Wildman–Crippen MR) is 169 cm³/mol. The summed E-state index contributed by atoms with van der Waals surface area (Å²) in [6.07, 6.45) is 3.86. The van der Waals surface area contributed by atoms with Gasteiger partial charge < -0.3 is 14.5 Å². The van der Waals surface area contributed by atoms with Crippen LogP contribution < -0.4 is 14.5 Å². The summed E-state index contributed by atoms with van der Waals surface area (Å²) in [5, 5.41) is 4.55. The van der Waals surface area contributed by atoms with E-state index >= 15 is 0 Å². The van der Waals surface area contributed by atoms with Crippen molar-refractivity contribution >= 4 is 22.7 Å². The van der Waals surface area contributed by atoms with Crippen LogP contribution in [0.4, 0.5) is 22.7 Å². The van der Waals surface area contributed by atoms with E-state index in [-0.39, 0.29) is 21.1 Å². The van der Waals surface area contributed by atoms with E-state index in [2.05, 4.69) is 103 Å². The minimum atomic E-state index is 0. The van der Waals surface area contributed by atoms with E-state index in [1.54, 1.807) is 0 Å². The number of rotatable bonds is 6. The zero-order chi connectivity index (χ0) is 28.6. The van der Waals surface area contributed by atoms with Gasteiger partial charge in [0.1, 0.15) is 0 Å². The Morgan fingerprint density at radius 3 is 1.95 bits per heavy atom. The Morgan fingerprint density at radius 2 is 1.26 bits per heavy atom. The monoisotopic (exact) mass is 740 g/mol. The molecule has 1 aliphatic rings. The normalized spacial score (nSPS) is 12.2. The molecular weight excluding hydrogens is 712 g/mol. The van der Waals surface area contributed by atoms with Crippen LogP contribution >= 0.6 is 0 Å². The van der Waals surface area contributed by atoms with Gasteiger partial charge in [-0.3, -0.25) is 4.68 Å². The first-order chi connectivity index (χ1) is 20.5. The molecule has 0 amide bonds. The van der Waals surface area contributed by atoms with Crippen molar-refractivity contribution in [2.24, 2.45) is 0 Å². The second kappa shape index (κ2) is 11.9. The van der Waals surface area contributed by atoms with Crippen LogP contribution in [0.3, 0.4) is 0 Å². The summed E-state index contributed by atoms with van der Waals surface area (Å²) in [5.41, 5.74) is 11.0. The number of aryl methyl sites for hydroxylation is 3. The van der Waals surface area contributed by atoms with E-state index < -0.39 is 0 Å². The number of para-hydroxylation sites is 2. The quantitative estimate of drug-likeness (QED) is 0.160. The Hall–Kier alpha value is -4.60. The molecule has 0 aliphatic carbocycles. The molecule has 0 unspecified atom stereocenters. The van der Waals surface area contributed by atoms with Gasteiger partial charge in [-0.1, -0.05) is 60.2 Å². The first-order valence-corrected chi connectivity index (χ1v) is 14.0. The zero-order valence-electron chi connectivity index (χ0n) is 24.1. The van der Waals surface area contributed by atoms with Gasteiger partial charge in [0, 0.05) is 61.4 Å². The number of aromatic nitrogens is 2. The Labute approximate surface area is 267 Å². The van der Waals surface area contributed by atoms with E-state index in [4.69, 9.17) is 4.74 Å². The smallest absolute Gasteiger partial charge is 0.0571 e. The van der Waals surface area contributed by atoms with Crippen LogP contribution in [0, 0.1) is 39.6 Å². The first-order valence-electron chi connectivity index (χ1n) is 14.0. The Kier molecular flexibility index (Phi) is 7.92. The zero-order valence-corrected chi connectivity index (χ0v) is 26.3. The number of fused-ring (bicyclic) bond motifs is 1. The van der Waals surface area contributed by atoms with Crippen molar-refractivity contribution in [1.29, 1.82) is 0 Å². The SMILES string of the molecule is Cc1cc(C)c(N2[CH-]N(c3[c-]c(Oc4[c-]c(-n5cc(-c6ccccc6)cn5)ccc4)ccc3)c3ccccc32)c(C)c1.[Pt]. The molecule has 5 nitrogen and oxygen atoms in total. The average molecular weight is 741 g/mol. The van der Waals surface area contributed by atoms with Crippen LogP contribution in [0.25, 0.3) is 16.8 Å². The minimum Gasteiger partial charge on any atom is -0.509 e. The third kappa shape index (κ3) is 5.61. The van der Waals surface area contributed by atoms with Gasteiger partial charge in [-0.05, 0) is 55.3 Å².